The Morgan fingerprint density at radius 1 is 1.53 bits per heavy atom. The monoisotopic (exact) mass is 261 g/mol. The van der Waals surface area contributed by atoms with Gasteiger partial charge in [-0.25, -0.2) is 9.78 Å². The van der Waals surface area contributed by atoms with Gasteiger partial charge in [0.05, 0.1) is 7.11 Å². The summed E-state index contributed by atoms with van der Waals surface area (Å²) in [5.74, 6) is 0.572. The average molecular weight is 261 g/mol. The minimum atomic E-state index is -0.734. The smallest absolute Gasteiger partial charge is 0.331 e. The molecule has 1 unspecified atom stereocenters. The van der Waals surface area contributed by atoms with Gasteiger partial charge in [0.2, 0.25) is 0 Å². The highest BCUT2D eigenvalue weighted by Crippen LogP contribution is 2.22. The zero-order valence-electron chi connectivity index (χ0n) is 11.5. The number of esters is 1. The van der Waals surface area contributed by atoms with Gasteiger partial charge in [-0.3, -0.25) is 4.40 Å². The molecule has 0 aliphatic rings. The van der Waals surface area contributed by atoms with Gasteiger partial charge in [-0.1, -0.05) is 19.4 Å². The number of nitrogens with zero attached hydrogens (tertiary/aromatic N) is 2. The number of pyridine rings is 1. The minimum absolute atomic E-state index is 0.258. The number of anilines is 1. The lowest BCUT2D eigenvalue weighted by Crippen LogP contribution is -2.44. The lowest BCUT2D eigenvalue weighted by Gasteiger charge is -2.29. The Bertz CT molecular complexity index is 579. The molecule has 5 heteroatoms. The molecule has 0 aromatic carbocycles. The van der Waals surface area contributed by atoms with Gasteiger partial charge in [0.25, 0.3) is 0 Å². The molecule has 2 rings (SSSR count). The van der Waals surface area contributed by atoms with E-state index in [2.05, 4.69) is 10.3 Å². The van der Waals surface area contributed by atoms with E-state index in [1.807, 2.05) is 42.6 Å². The van der Waals surface area contributed by atoms with Crippen molar-refractivity contribution in [2.75, 3.05) is 12.4 Å². The number of carbonyl (C=O) groups excluding carboxylic acids is 1. The molecule has 0 bridgehead atoms. The molecule has 0 aliphatic carbocycles. The number of imidazole rings is 1. The van der Waals surface area contributed by atoms with Crippen LogP contribution in [0.1, 0.15) is 26.7 Å². The van der Waals surface area contributed by atoms with E-state index in [-0.39, 0.29) is 5.97 Å². The number of methoxy groups -OCH3 is 1. The van der Waals surface area contributed by atoms with E-state index in [9.17, 15) is 4.79 Å². The van der Waals surface area contributed by atoms with Crippen LogP contribution in [0.2, 0.25) is 0 Å². The molecule has 5 nitrogen and oxygen atoms in total. The van der Waals surface area contributed by atoms with Gasteiger partial charge in [-0.15, -0.1) is 0 Å². The van der Waals surface area contributed by atoms with E-state index in [0.29, 0.717) is 6.42 Å². The van der Waals surface area contributed by atoms with Crippen LogP contribution in [0.5, 0.6) is 0 Å². The standard InChI is InChI=1S/C14H19N3O2/c1-4-8-14(2,13(18)19-3)16-12-7-5-6-11-15-9-10-17(11)12/h5-7,9-10,16H,4,8H2,1-3H3. The number of rotatable bonds is 5. The second-order valence-electron chi connectivity index (χ2n) is 4.77. The molecule has 2 heterocycles. The van der Waals surface area contributed by atoms with Crippen molar-refractivity contribution < 1.29 is 9.53 Å². The molecule has 1 N–H and O–H groups in total. The molecular formula is C14H19N3O2. The van der Waals surface area contributed by atoms with E-state index >= 15 is 0 Å². The summed E-state index contributed by atoms with van der Waals surface area (Å²) in [5, 5.41) is 3.28. The molecule has 102 valence electrons. The second kappa shape index (κ2) is 5.30. The first kappa shape index (κ1) is 13.4. The van der Waals surface area contributed by atoms with Crippen molar-refractivity contribution in [2.45, 2.75) is 32.2 Å². The summed E-state index contributed by atoms with van der Waals surface area (Å²) in [5.41, 5.74) is 0.107. The van der Waals surface area contributed by atoms with Gasteiger partial charge in [0.15, 0.2) is 0 Å². The van der Waals surface area contributed by atoms with Crippen LogP contribution in [0.3, 0.4) is 0 Å². The Morgan fingerprint density at radius 2 is 2.32 bits per heavy atom. The molecule has 19 heavy (non-hydrogen) atoms. The van der Waals surface area contributed by atoms with Crippen molar-refractivity contribution in [3.8, 4) is 0 Å². The lowest BCUT2D eigenvalue weighted by atomic mass is 9.96. The molecular weight excluding hydrogens is 242 g/mol. The zero-order valence-corrected chi connectivity index (χ0v) is 11.5. The molecule has 0 fully saturated rings. The fourth-order valence-electron chi connectivity index (χ4n) is 2.27. The molecule has 0 radical (unpaired) electrons. The summed E-state index contributed by atoms with van der Waals surface area (Å²) < 4.78 is 6.82. The maximum Gasteiger partial charge on any atom is 0.331 e. The van der Waals surface area contributed by atoms with Crippen LogP contribution >= 0.6 is 0 Å². The number of hydrogen-bond donors (Lipinski definition) is 1. The van der Waals surface area contributed by atoms with Crippen LogP contribution in [0.15, 0.2) is 30.6 Å². The Labute approximate surface area is 112 Å². The van der Waals surface area contributed by atoms with Crippen LogP contribution in [-0.4, -0.2) is 28.0 Å². The van der Waals surface area contributed by atoms with Crippen molar-refractivity contribution >= 4 is 17.4 Å². The summed E-state index contributed by atoms with van der Waals surface area (Å²) >= 11 is 0. The SMILES string of the molecule is CCCC(C)(Nc1cccc2nccn12)C(=O)OC. The van der Waals surface area contributed by atoms with Crippen molar-refractivity contribution in [3.05, 3.63) is 30.6 Å². The van der Waals surface area contributed by atoms with Crippen LogP contribution < -0.4 is 5.32 Å². The highest BCUT2D eigenvalue weighted by Gasteiger charge is 2.33. The number of fused-ring (bicyclic) bond motifs is 1. The molecule has 0 amide bonds. The van der Waals surface area contributed by atoms with Gasteiger partial charge < -0.3 is 10.1 Å². The van der Waals surface area contributed by atoms with Crippen LogP contribution in [0.4, 0.5) is 5.82 Å². The average Bonchev–Trinajstić information content (AvgIpc) is 2.87. The fraction of sp³-hybridized carbons (Fsp3) is 0.429. The molecule has 0 saturated heterocycles. The summed E-state index contributed by atoms with van der Waals surface area (Å²) in [4.78, 5) is 16.2. The summed E-state index contributed by atoms with van der Waals surface area (Å²) in [6.45, 7) is 3.90. The molecule has 2 aromatic rings. The summed E-state index contributed by atoms with van der Waals surface area (Å²) in [6, 6.07) is 5.75. The van der Waals surface area contributed by atoms with Crippen molar-refractivity contribution in [1.29, 1.82) is 0 Å². The Hall–Kier alpha value is -2.04. The van der Waals surface area contributed by atoms with Crippen molar-refractivity contribution in [2.24, 2.45) is 0 Å². The van der Waals surface area contributed by atoms with E-state index < -0.39 is 5.54 Å². The van der Waals surface area contributed by atoms with E-state index in [1.54, 1.807) is 6.20 Å². The minimum Gasteiger partial charge on any atom is -0.467 e. The number of nitrogens with one attached hydrogen (secondary N) is 1. The fourth-order valence-corrected chi connectivity index (χ4v) is 2.27. The van der Waals surface area contributed by atoms with E-state index in [4.69, 9.17) is 4.74 Å². The third-order valence-corrected chi connectivity index (χ3v) is 3.22. The topological polar surface area (TPSA) is 55.6 Å². The predicted molar refractivity (Wildman–Crippen MR) is 74.1 cm³/mol. The predicted octanol–water partition coefficient (Wildman–Crippen LogP) is 2.48. The van der Waals surface area contributed by atoms with Crippen molar-refractivity contribution in [3.63, 3.8) is 0 Å². The molecule has 0 saturated carbocycles. The maximum atomic E-state index is 12.0. The van der Waals surface area contributed by atoms with Crippen LogP contribution in [0, 0.1) is 0 Å². The first-order valence-electron chi connectivity index (χ1n) is 6.39. The molecule has 0 aliphatic heterocycles. The lowest BCUT2D eigenvalue weighted by molar-refractivity contribution is -0.145. The highest BCUT2D eigenvalue weighted by molar-refractivity contribution is 5.83. The number of aromatic nitrogens is 2. The van der Waals surface area contributed by atoms with Gasteiger partial charge >= 0.3 is 5.97 Å². The zero-order chi connectivity index (χ0) is 13.9. The Balaban J connectivity index is 2.36. The maximum absolute atomic E-state index is 12.0. The first-order valence-corrected chi connectivity index (χ1v) is 6.39. The normalized spacial score (nSPS) is 14.1. The van der Waals surface area contributed by atoms with Crippen molar-refractivity contribution in [1.82, 2.24) is 9.38 Å². The third-order valence-electron chi connectivity index (χ3n) is 3.22. The number of carbonyl (C=O) groups is 1. The highest BCUT2D eigenvalue weighted by atomic mass is 16.5. The molecule has 1 atom stereocenters. The van der Waals surface area contributed by atoms with Gasteiger partial charge in [0, 0.05) is 12.4 Å². The van der Waals surface area contributed by atoms with Gasteiger partial charge in [-0.05, 0) is 25.5 Å². The Kier molecular flexibility index (Phi) is 3.74. The van der Waals surface area contributed by atoms with E-state index in [1.165, 1.54) is 7.11 Å². The summed E-state index contributed by atoms with van der Waals surface area (Å²) in [7, 11) is 1.41. The second-order valence-corrected chi connectivity index (χ2v) is 4.77. The van der Waals surface area contributed by atoms with E-state index in [0.717, 1.165) is 17.9 Å². The molecule has 0 spiro atoms. The van der Waals surface area contributed by atoms with Gasteiger partial charge in [0.1, 0.15) is 17.0 Å². The largest absolute Gasteiger partial charge is 0.467 e. The van der Waals surface area contributed by atoms with Crippen LogP contribution in [0.25, 0.3) is 5.65 Å². The summed E-state index contributed by atoms with van der Waals surface area (Å²) in [6.07, 6.45) is 5.18. The third kappa shape index (κ3) is 2.54. The molecule has 2 aromatic heterocycles. The number of ether oxygens (including phenoxy) is 1. The van der Waals surface area contributed by atoms with Gasteiger partial charge in [-0.2, -0.15) is 0 Å². The quantitative estimate of drug-likeness (QED) is 0.840. The number of hydrogen-bond acceptors (Lipinski definition) is 4. The first-order chi connectivity index (χ1) is 9.10. The van der Waals surface area contributed by atoms with Crippen LogP contribution in [-0.2, 0) is 9.53 Å². The Morgan fingerprint density at radius 3 is 3.00 bits per heavy atom.